The number of carbonyl (C=O) groups is 2. The first kappa shape index (κ1) is 18.5. The summed E-state index contributed by atoms with van der Waals surface area (Å²) in [5.74, 6) is -1.58. The molecule has 0 saturated carbocycles. The number of aliphatic hydroxyl groups is 1. The Kier molecular flexibility index (Phi) is 5.68. The van der Waals surface area contributed by atoms with Crippen LogP contribution in [-0.4, -0.2) is 56.4 Å². The van der Waals surface area contributed by atoms with Gasteiger partial charge in [0, 0.05) is 37.0 Å². The molecule has 8 nitrogen and oxygen atoms in total. The summed E-state index contributed by atoms with van der Waals surface area (Å²) in [6, 6.07) is 4.22. The number of nitro groups is 1. The summed E-state index contributed by atoms with van der Waals surface area (Å²) >= 11 is 6.76. The minimum absolute atomic E-state index is 0.0199. The molecular weight excluding hydrogens is 360 g/mol. The molecule has 1 heterocycles. The number of halogens is 1. The molecular formula is C14H15ClN2O6S. The number of rotatable bonds is 5. The molecule has 0 bridgehead atoms. The molecule has 0 unspecified atom stereocenters. The predicted molar refractivity (Wildman–Crippen MR) is 87.2 cm³/mol. The van der Waals surface area contributed by atoms with Crippen molar-refractivity contribution in [2.45, 2.75) is 23.3 Å². The van der Waals surface area contributed by atoms with Crippen molar-refractivity contribution in [3.05, 3.63) is 33.3 Å². The van der Waals surface area contributed by atoms with Crippen molar-refractivity contribution < 1.29 is 24.7 Å². The van der Waals surface area contributed by atoms with Gasteiger partial charge >= 0.3 is 5.97 Å². The Morgan fingerprint density at radius 3 is 2.54 bits per heavy atom. The molecule has 1 aromatic carbocycles. The lowest BCUT2D eigenvalue weighted by Crippen LogP contribution is -2.51. The van der Waals surface area contributed by atoms with E-state index < -0.39 is 16.5 Å². The Bertz CT molecular complexity index is 675. The Balaban J connectivity index is 1.95. The molecule has 1 fully saturated rings. The molecule has 0 aliphatic carbocycles. The average molecular weight is 375 g/mol. The zero-order valence-corrected chi connectivity index (χ0v) is 14.0. The van der Waals surface area contributed by atoms with Gasteiger partial charge in [0.2, 0.25) is 5.91 Å². The smallest absolute Gasteiger partial charge is 0.335 e. The highest BCUT2D eigenvalue weighted by atomic mass is 35.5. The van der Waals surface area contributed by atoms with E-state index >= 15 is 0 Å². The third-order valence-electron chi connectivity index (χ3n) is 3.81. The van der Waals surface area contributed by atoms with Crippen LogP contribution in [0.3, 0.4) is 0 Å². The molecule has 10 heteroatoms. The van der Waals surface area contributed by atoms with Crippen LogP contribution in [0, 0.1) is 10.1 Å². The second-order valence-electron chi connectivity index (χ2n) is 5.38. The number of benzene rings is 1. The fourth-order valence-corrected chi connectivity index (χ4v) is 3.40. The number of amides is 1. The van der Waals surface area contributed by atoms with Crippen LogP contribution in [0.4, 0.5) is 5.69 Å². The van der Waals surface area contributed by atoms with Gasteiger partial charge in [0.05, 0.1) is 15.6 Å². The predicted octanol–water partition coefficient (Wildman–Crippen LogP) is 1.78. The van der Waals surface area contributed by atoms with Gasteiger partial charge in [-0.25, -0.2) is 4.79 Å². The van der Waals surface area contributed by atoms with Gasteiger partial charge in [0.15, 0.2) is 5.60 Å². The van der Waals surface area contributed by atoms with Gasteiger partial charge in [-0.05, 0) is 12.1 Å². The van der Waals surface area contributed by atoms with Crippen molar-refractivity contribution in [1.82, 2.24) is 4.90 Å². The largest absolute Gasteiger partial charge is 0.479 e. The third-order valence-corrected chi connectivity index (χ3v) is 5.09. The van der Waals surface area contributed by atoms with Gasteiger partial charge in [-0.3, -0.25) is 14.9 Å². The van der Waals surface area contributed by atoms with Crippen molar-refractivity contribution >= 4 is 40.9 Å². The van der Waals surface area contributed by atoms with Crippen molar-refractivity contribution in [3.63, 3.8) is 0 Å². The van der Waals surface area contributed by atoms with Crippen LogP contribution in [0.2, 0.25) is 5.02 Å². The molecule has 2 N–H and O–H groups in total. The average Bonchev–Trinajstić information content (AvgIpc) is 2.53. The minimum Gasteiger partial charge on any atom is -0.479 e. The van der Waals surface area contributed by atoms with Gasteiger partial charge in [0.25, 0.3) is 5.69 Å². The van der Waals surface area contributed by atoms with Gasteiger partial charge in [-0.2, -0.15) is 0 Å². The molecule has 1 aromatic rings. The first-order chi connectivity index (χ1) is 11.2. The highest BCUT2D eigenvalue weighted by Gasteiger charge is 2.40. The number of aliphatic carboxylic acids is 1. The summed E-state index contributed by atoms with van der Waals surface area (Å²) in [5.41, 5.74) is -1.96. The highest BCUT2D eigenvalue weighted by molar-refractivity contribution is 8.00. The second kappa shape index (κ2) is 7.37. The van der Waals surface area contributed by atoms with E-state index in [0.717, 1.165) is 11.8 Å². The summed E-state index contributed by atoms with van der Waals surface area (Å²) < 4.78 is 0. The van der Waals surface area contributed by atoms with E-state index in [1.807, 2.05) is 0 Å². The van der Waals surface area contributed by atoms with E-state index in [1.54, 1.807) is 0 Å². The van der Waals surface area contributed by atoms with E-state index in [9.17, 15) is 24.8 Å². The molecule has 0 spiro atoms. The number of nitro benzene ring substituents is 1. The maximum atomic E-state index is 12.2. The van der Waals surface area contributed by atoms with Gasteiger partial charge in [-0.1, -0.05) is 11.6 Å². The second-order valence-corrected chi connectivity index (χ2v) is 6.83. The standard InChI is InChI=1S/C14H15ClN2O6S/c15-9-1-2-11(10(7-9)17(22)23)24-8-12(18)16-5-3-14(21,4-6-16)13(19)20/h1-2,7,21H,3-6,8H2,(H,19,20). The SMILES string of the molecule is O=C(CSc1ccc(Cl)cc1[N+](=O)[O-])N1CCC(O)(C(=O)O)CC1. The van der Waals surface area contributed by atoms with Crippen LogP contribution in [0.15, 0.2) is 23.1 Å². The van der Waals surface area contributed by atoms with Crippen molar-refractivity contribution in [2.75, 3.05) is 18.8 Å². The molecule has 1 aliphatic rings. The minimum atomic E-state index is -1.79. The number of carboxylic acid groups (broad SMARTS) is 1. The number of carboxylic acids is 1. The number of piperidine rings is 1. The van der Waals surface area contributed by atoms with Crippen LogP contribution in [-0.2, 0) is 9.59 Å². The molecule has 0 aromatic heterocycles. The van der Waals surface area contributed by atoms with Crippen molar-refractivity contribution in [3.8, 4) is 0 Å². The molecule has 2 rings (SSSR count). The fourth-order valence-electron chi connectivity index (χ4n) is 2.33. The first-order valence-corrected chi connectivity index (χ1v) is 8.39. The summed E-state index contributed by atoms with van der Waals surface area (Å²) in [6.07, 6.45) is -0.0837. The van der Waals surface area contributed by atoms with Crippen LogP contribution < -0.4 is 0 Å². The van der Waals surface area contributed by atoms with Gasteiger partial charge in [0.1, 0.15) is 0 Å². The maximum Gasteiger partial charge on any atom is 0.335 e. The third kappa shape index (κ3) is 4.16. The number of likely N-dealkylation sites (tertiary alicyclic amines) is 1. The van der Waals surface area contributed by atoms with E-state index in [4.69, 9.17) is 16.7 Å². The fraction of sp³-hybridized carbons (Fsp3) is 0.429. The zero-order chi connectivity index (χ0) is 17.9. The van der Waals surface area contributed by atoms with Crippen LogP contribution in [0.1, 0.15) is 12.8 Å². The Labute approximate surface area is 146 Å². The number of nitrogens with zero attached hydrogens (tertiary/aromatic N) is 2. The van der Waals surface area contributed by atoms with E-state index in [2.05, 4.69) is 0 Å². The summed E-state index contributed by atoms with van der Waals surface area (Å²) in [5, 5.41) is 30.0. The first-order valence-electron chi connectivity index (χ1n) is 7.03. The van der Waals surface area contributed by atoms with E-state index in [1.165, 1.54) is 23.1 Å². The molecule has 0 atom stereocenters. The Morgan fingerprint density at radius 2 is 2.00 bits per heavy atom. The number of carbonyl (C=O) groups excluding carboxylic acids is 1. The van der Waals surface area contributed by atoms with E-state index in [0.29, 0.717) is 4.90 Å². The molecule has 1 amide bonds. The lowest BCUT2D eigenvalue weighted by Gasteiger charge is -2.35. The Hall–Kier alpha value is -1.84. The lowest BCUT2D eigenvalue weighted by atomic mass is 9.92. The molecule has 130 valence electrons. The number of thioether (sulfide) groups is 1. The van der Waals surface area contributed by atoms with Crippen LogP contribution in [0.25, 0.3) is 0 Å². The molecule has 1 aliphatic heterocycles. The quantitative estimate of drug-likeness (QED) is 0.457. The Morgan fingerprint density at radius 1 is 1.38 bits per heavy atom. The van der Waals surface area contributed by atoms with E-state index in [-0.39, 0.29) is 48.3 Å². The molecule has 0 radical (unpaired) electrons. The monoisotopic (exact) mass is 374 g/mol. The van der Waals surface area contributed by atoms with Crippen molar-refractivity contribution in [1.29, 1.82) is 0 Å². The molecule has 24 heavy (non-hydrogen) atoms. The number of hydrogen-bond acceptors (Lipinski definition) is 6. The number of hydrogen-bond donors (Lipinski definition) is 2. The summed E-state index contributed by atoms with van der Waals surface area (Å²) in [6.45, 7) is 0.260. The molecule has 1 saturated heterocycles. The maximum absolute atomic E-state index is 12.2. The van der Waals surface area contributed by atoms with Gasteiger partial charge < -0.3 is 15.1 Å². The zero-order valence-electron chi connectivity index (χ0n) is 12.5. The van der Waals surface area contributed by atoms with Crippen LogP contribution >= 0.6 is 23.4 Å². The van der Waals surface area contributed by atoms with Crippen molar-refractivity contribution in [2.24, 2.45) is 0 Å². The van der Waals surface area contributed by atoms with Crippen LogP contribution in [0.5, 0.6) is 0 Å². The summed E-state index contributed by atoms with van der Waals surface area (Å²) in [7, 11) is 0. The lowest BCUT2D eigenvalue weighted by molar-refractivity contribution is -0.387. The summed E-state index contributed by atoms with van der Waals surface area (Å²) in [4.78, 5) is 35.4. The topological polar surface area (TPSA) is 121 Å². The normalized spacial score (nSPS) is 16.7. The van der Waals surface area contributed by atoms with Gasteiger partial charge in [-0.15, -0.1) is 11.8 Å². The highest BCUT2D eigenvalue weighted by Crippen LogP contribution is 2.32.